The molecule has 0 aliphatic carbocycles. The van der Waals surface area contributed by atoms with E-state index in [1.165, 1.54) is 6.33 Å². The molecule has 0 spiro atoms. The Bertz CT molecular complexity index is 667. The maximum atomic E-state index is 9.81. The number of nitrogen functional groups attached to an aromatic ring is 1. The summed E-state index contributed by atoms with van der Waals surface area (Å²) < 4.78 is 6.21. The number of rotatable bonds is 2. The van der Waals surface area contributed by atoms with Crippen LogP contribution in [0.25, 0.3) is 11.2 Å². The van der Waals surface area contributed by atoms with Gasteiger partial charge in [0.1, 0.15) is 30.2 Å². The Morgan fingerprint density at radius 2 is 2.10 bits per heavy atom. The minimum atomic E-state index is -1.44. The minimum absolute atomic E-state index is 0.0559. The summed E-state index contributed by atoms with van der Waals surface area (Å²) in [5, 5.41) is 28.8. The van der Waals surface area contributed by atoms with Gasteiger partial charge in [-0.15, -0.1) is 4.73 Å². The third kappa shape index (κ3) is 2.47. The van der Waals surface area contributed by atoms with Gasteiger partial charge in [-0.2, -0.15) is 9.97 Å². The number of aromatic nitrogens is 4. The number of hydrogen-bond acceptors (Lipinski definition) is 9. The highest BCUT2D eigenvalue weighted by Gasteiger charge is 2.39. The highest BCUT2D eigenvalue weighted by atomic mass is 35.5. The number of aliphatic hydroxyl groups excluding tert-OH is 3. The van der Waals surface area contributed by atoms with Gasteiger partial charge in [-0.1, -0.05) is 11.6 Å². The number of imidazole rings is 1. The van der Waals surface area contributed by atoms with E-state index in [-0.39, 0.29) is 28.9 Å². The Morgan fingerprint density at radius 3 is 2.86 bits per heavy atom. The zero-order valence-corrected chi connectivity index (χ0v) is 11.3. The molecule has 1 aliphatic heterocycles. The SMILES string of the molecule is Nc1nc(Cl)c2ncn(OC3OCC(O)C(O)C3O)c2n1. The topological polar surface area (TPSA) is 149 Å². The lowest BCUT2D eigenvalue weighted by atomic mass is 10.1. The molecule has 0 bridgehead atoms. The van der Waals surface area contributed by atoms with Crippen LogP contribution in [0.1, 0.15) is 0 Å². The molecule has 2 aromatic rings. The van der Waals surface area contributed by atoms with Gasteiger partial charge < -0.3 is 30.6 Å². The van der Waals surface area contributed by atoms with Crippen LogP contribution in [0, 0.1) is 0 Å². The molecule has 114 valence electrons. The molecule has 4 unspecified atom stereocenters. The second-order valence-corrected chi connectivity index (χ2v) is 4.83. The molecule has 4 atom stereocenters. The number of nitrogens with zero attached hydrogens (tertiary/aromatic N) is 4. The van der Waals surface area contributed by atoms with E-state index < -0.39 is 24.6 Å². The Kier molecular flexibility index (Phi) is 3.55. The molecule has 11 heteroatoms. The van der Waals surface area contributed by atoms with Gasteiger partial charge >= 0.3 is 0 Å². The van der Waals surface area contributed by atoms with Crippen LogP contribution >= 0.6 is 11.6 Å². The maximum Gasteiger partial charge on any atom is 0.253 e. The van der Waals surface area contributed by atoms with Crippen molar-refractivity contribution < 1.29 is 24.9 Å². The van der Waals surface area contributed by atoms with Crippen molar-refractivity contribution in [3.05, 3.63) is 11.5 Å². The summed E-state index contributed by atoms with van der Waals surface area (Å²) in [6.45, 7) is -0.187. The van der Waals surface area contributed by atoms with Crippen LogP contribution in [-0.4, -0.2) is 66.2 Å². The summed E-state index contributed by atoms with van der Waals surface area (Å²) in [6.07, 6.45) is -3.98. The monoisotopic (exact) mass is 317 g/mol. The summed E-state index contributed by atoms with van der Waals surface area (Å²) in [5.74, 6) is -0.0709. The average Bonchev–Trinajstić information content (AvgIpc) is 2.83. The maximum absolute atomic E-state index is 9.81. The first-order chi connectivity index (χ1) is 9.97. The lowest BCUT2D eigenvalue weighted by Gasteiger charge is -2.34. The van der Waals surface area contributed by atoms with E-state index in [9.17, 15) is 15.3 Å². The van der Waals surface area contributed by atoms with E-state index in [1.54, 1.807) is 0 Å². The van der Waals surface area contributed by atoms with E-state index in [2.05, 4.69) is 15.0 Å². The van der Waals surface area contributed by atoms with Crippen LogP contribution in [0.5, 0.6) is 0 Å². The summed E-state index contributed by atoms with van der Waals surface area (Å²) >= 11 is 5.87. The Balaban J connectivity index is 1.88. The molecule has 0 radical (unpaired) electrons. The quantitative estimate of drug-likeness (QED) is 0.458. The standard InChI is InChI=1S/C10H12ClN5O5/c11-7-4-8(15-10(12)14-7)16(2-13-4)21-9-6(19)5(18)3(17)1-20-9/h2-3,5-6,9,17-19H,1H2,(H2,12,14,15). The number of hydrogen-bond donors (Lipinski definition) is 4. The first-order valence-corrected chi connectivity index (χ1v) is 6.34. The van der Waals surface area contributed by atoms with E-state index in [0.29, 0.717) is 0 Å². The van der Waals surface area contributed by atoms with Crippen molar-refractivity contribution in [1.82, 2.24) is 19.7 Å². The summed E-state index contributed by atoms with van der Waals surface area (Å²) in [6, 6.07) is 0. The molecule has 1 fully saturated rings. The number of nitrogens with two attached hydrogens (primary N) is 1. The zero-order valence-electron chi connectivity index (χ0n) is 10.5. The van der Waals surface area contributed by atoms with Crippen molar-refractivity contribution in [3.63, 3.8) is 0 Å². The van der Waals surface area contributed by atoms with E-state index in [1.807, 2.05) is 0 Å². The molecule has 5 N–H and O–H groups in total. The predicted molar refractivity (Wildman–Crippen MR) is 69.1 cm³/mol. The van der Waals surface area contributed by atoms with Crippen molar-refractivity contribution in [1.29, 1.82) is 0 Å². The number of ether oxygens (including phenoxy) is 1. The predicted octanol–water partition coefficient (Wildman–Crippen LogP) is -2.07. The van der Waals surface area contributed by atoms with Gasteiger partial charge in [0.2, 0.25) is 11.6 Å². The smallest absolute Gasteiger partial charge is 0.253 e. The second kappa shape index (κ2) is 5.24. The third-order valence-electron chi connectivity index (χ3n) is 3.01. The molecule has 3 heterocycles. The van der Waals surface area contributed by atoms with Crippen molar-refractivity contribution in [3.8, 4) is 0 Å². The van der Waals surface area contributed by atoms with Crippen LogP contribution in [0.4, 0.5) is 5.95 Å². The zero-order chi connectivity index (χ0) is 15.1. The minimum Gasteiger partial charge on any atom is -0.388 e. The van der Waals surface area contributed by atoms with Gasteiger partial charge in [0.15, 0.2) is 5.15 Å². The van der Waals surface area contributed by atoms with Gasteiger partial charge in [0.05, 0.1) is 6.61 Å². The summed E-state index contributed by atoms with van der Waals surface area (Å²) in [7, 11) is 0. The van der Waals surface area contributed by atoms with Gasteiger partial charge in [-0.25, -0.2) is 4.98 Å². The van der Waals surface area contributed by atoms with E-state index >= 15 is 0 Å². The molecular weight excluding hydrogens is 306 g/mol. The second-order valence-electron chi connectivity index (χ2n) is 4.47. The molecule has 21 heavy (non-hydrogen) atoms. The van der Waals surface area contributed by atoms with Crippen LogP contribution in [0.15, 0.2) is 6.33 Å². The highest BCUT2D eigenvalue weighted by molar-refractivity contribution is 6.33. The fourth-order valence-electron chi connectivity index (χ4n) is 1.92. The summed E-state index contributed by atoms with van der Waals surface area (Å²) in [4.78, 5) is 17.0. The molecule has 1 aliphatic rings. The Morgan fingerprint density at radius 1 is 1.33 bits per heavy atom. The molecule has 10 nitrogen and oxygen atoms in total. The van der Waals surface area contributed by atoms with Crippen molar-refractivity contribution >= 4 is 28.7 Å². The van der Waals surface area contributed by atoms with Crippen LogP contribution in [0.3, 0.4) is 0 Å². The summed E-state index contributed by atoms with van der Waals surface area (Å²) in [5.41, 5.74) is 5.94. The number of halogens is 1. The lowest BCUT2D eigenvalue weighted by molar-refractivity contribution is -0.268. The molecule has 0 saturated carbocycles. The van der Waals surface area contributed by atoms with Gasteiger partial charge in [-0.05, 0) is 0 Å². The number of fused-ring (bicyclic) bond motifs is 1. The average molecular weight is 318 g/mol. The van der Waals surface area contributed by atoms with Crippen molar-refractivity contribution in [2.45, 2.75) is 24.6 Å². The molecule has 3 rings (SSSR count). The van der Waals surface area contributed by atoms with Crippen LogP contribution in [-0.2, 0) is 4.74 Å². The van der Waals surface area contributed by atoms with Gasteiger partial charge in [-0.3, -0.25) is 0 Å². The largest absolute Gasteiger partial charge is 0.388 e. The fraction of sp³-hybridized carbons (Fsp3) is 0.500. The van der Waals surface area contributed by atoms with Crippen molar-refractivity contribution in [2.24, 2.45) is 0 Å². The van der Waals surface area contributed by atoms with Crippen LogP contribution < -0.4 is 10.6 Å². The Hall–Kier alpha value is -1.72. The molecule has 1 saturated heterocycles. The van der Waals surface area contributed by atoms with E-state index in [4.69, 9.17) is 26.9 Å². The number of aliphatic hydroxyl groups is 3. The number of anilines is 1. The highest BCUT2D eigenvalue weighted by Crippen LogP contribution is 2.20. The molecular formula is C10H12ClN5O5. The molecule has 0 aromatic carbocycles. The third-order valence-corrected chi connectivity index (χ3v) is 3.28. The Labute approximate surface area is 122 Å². The molecule has 2 aromatic heterocycles. The van der Waals surface area contributed by atoms with Crippen LogP contribution in [0.2, 0.25) is 5.15 Å². The van der Waals surface area contributed by atoms with Gasteiger partial charge in [0, 0.05) is 0 Å². The fourth-order valence-corrected chi connectivity index (χ4v) is 2.14. The van der Waals surface area contributed by atoms with Gasteiger partial charge in [0.25, 0.3) is 6.29 Å². The first kappa shape index (κ1) is 14.2. The van der Waals surface area contributed by atoms with E-state index in [0.717, 1.165) is 4.73 Å². The normalized spacial score (nSPS) is 29.7. The van der Waals surface area contributed by atoms with Crippen molar-refractivity contribution in [2.75, 3.05) is 12.3 Å². The first-order valence-electron chi connectivity index (χ1n) is 5.96. The molecule has 0 amide bonds. The lowest BCUT2D eigenvalue weighted by Crippen LogP contribution is -2.56.